The number of aliphatic imine (C=N–C) groups is 1. The van der Waals surface area contributed by atoms with Crippen molar-refractivity contribution < 1.29 is 27.4 Å². The number of halogens is 3. The second-order valence-electron chi connectivity index (χ2n) is 5.33. The average molecular weight is 377 g/mol. The molecule has 0 amide bonds. The van der Waals surface area contributed by atoms with E-state index in [2.05, 4.69) is 15.6 Å². The van der Waals surface area contributed by atoms with Crippen LogP contribution in [0.1, 0.15) is 17.5 Å². The van der Waals surface area contributed by atoms with Crippen molar-refractivity contribution in [3.8, 4) is 5.75 Å². The van der Waals surface area contributed by atoms with Crippen molar-refractivity contribution in [1.82, 2.24) is 10.6 Å². The quantitative estimate of drug-likeness (QED) is 0.373. The van der Waals surface area contributed by atoms with Gasteiger partial charge in [-0.1, -0.05) is 6.07 Å². The van der Waals surface area contributed by atoms with Gasteiger partial charge < -0.3 is 24.8 Å². The van der Waals surface area contributed by atoms with Crippen molar-refractivity contribution in [2.45, 2.75) is 19.1 Å². The van der Waals surface area contributed by atoms with Crippen LogP contribution < -0.4 is 15.4 Å². The predicted octanol–water partition coefficient (Wildman–Crippen LogP) is 2.43. The van der Waals surface area contributed by atoms with Crippen molar-refractivity contribution in [3.05, 3.63) is 29.3 Å². The molecule has 2 N–H and O–H groups in total. The molecule has 1 aromatic carbocycles. The smallest absolute Gasteiger partial charge is 0.416 e. The Balaban J connectivity index is 2.51. The first kappa shape index (κ1) is 22.0. The van der Waals surface area contributed by atoms with Crippen LogP contribution in [0, 0.1) is 0 Å². The van der Waals surface area contributed by atoms with Crippen molar-refractivity contribution in [2.75, 3.05) is 47.6 Å². The second kappa shape index (κ2) is 11.6. The number of hydrogen-bond donors (Lipinski definition) is 2. The number of alkyl halides is 3. The van der Waals surface area contributed by atoms with Gasteiger partial charge in [-0.3, -0.25) is 4.99 Å². The van der Waals surface area contributed by atoms with Crippen LogP contribution in [-0.2, 0) is 22.2 Å². The van der Waals surface area contributed by atoms with Gasteiger partial charge >= 0.3 is 6.18 Å². The molecule has 6 nitrogen and oxygen atoms in total. The summed E-state index contributed by atoms with van der Waals surface area (Å²) in [5, 5.41) is 5.92. The maximum atomic E-state index is 13.2. The average Bonchev–Trinajstić information content (AvgIpc) is 2.62. The number of rotatable bonds is 10. The van der Waals surface area contributed by atoms with Gasteiger partial charge in [-0.2, -0.15) is 13.2 Å². The maximum Gasteiger partial charge on any atom is 0.416 e. The van der Waals surface area contributed by atoms with Crippen LogP contribution in [0.5, 0.6) is 5.75 Å². The molecule has 1 rings (SSSR count). The zero-order valence-electron chi connectivity index (χ0n) is 15.3. The minimum Gasteiger partial charge on any atom is -0.497 e. The van der Waals surface area contributed by atoms with Crippen LogP contribution in [0.2, 0.25) is 0 Å². The number of hydrogen-bond acceptors (Lipinski definition) is 4. The fourth-order valence-corrected chi connectivity index (χ4v) is 2.13. The Labute approximate surface area is 151 Å². The number of nitrogens with zero attached hydrogens (tertiary/aromatic N) is 1. The summed E-state index contributed by atoms with van der Waals surface area (Å²) in [6.07, 6.45) is -3.72. The van der Waals surface area contributed by atoms with Crippen molar-refractivity contribution >= 4 is 5.96 Å². The van der Waals surface area contributed by atoms with Crippen LogP contribution in [0.15, 0.2) is 23.2 Å². The molecule has 0 bridgehead atoms. The highest BCUT2D eigenvalue weighted by Crippen LogP contribution is 2.34. The van der Waals surface area contributed by atoms with E-state index in [0.29, 0.717) is 32.3 Å². The lowest BCUT2D eigenvalue weighted by molar-refractivity contribution is -0.138. The van der Waals surface area contributed by atoms with Crippen LogP contribution in [-0.4, -0.2) is 53.6 Å². The molecular formula is C17H26F3N3O3. The van der Waals surface area contributed by atoms with E-state index in [0.717, 1.165) is 12.5 Å². The van der Waals surface area contributed by atoms with Gasteiger partial charge in [0.15, 0.2) is 5.96 Å². The molecule has 0 saturated heterocycles. The van der Waals surface area contributed by atoms with Crippen LogP contribution >= 0.6 is 0 Å². The number of benzene rings is 1. The first-order valence-electron chi connectivity index (χ1n) is 8.17. The van der Waals surface area contributed by atoms with E-state index in [1.165, 1.54) is 19.2 Å². The van der Waals surface area contributed by atoms with Crippen molar-refractivity contribution in [3.63, 3.8) is 0 Å². The monoisotopic (exact) mass is 377 g/mol. The van der Waals surface area contributed by atoms with E-state index in [1.807, 2.05) is 0 Å². The third kappa shape index (κ3) is 7.92. The Morgan fingerprint density at radius 3 is 2.50 bits per heavy atom. The van der Waals surface area contributed by atoms with Gasteiger partial charge in [0.25, 0.3) is 0 Å². The molecule has 0 heterocycles. The summed E-state index contributed by atoms with van der Waals surface area (Å²) in [7, 11) is 4.49. The third-order valence-corrected chi connectivity index (χ3v) is 3.48. The van der Waals surface area contributed by atoms with Gasteiger partial charge in [-0.05, 0) is 24.1 Å². The highest BCUT2D eigenvalue weighted by atomic mass is 19.4. The number of methoxy groups -OCH3 is 2. The summed E-state index contributed by atoms with van der Waals surface area (Å²) < 4.78 is 54.7. The minimum atomic E-state index is -4.46. The topological polar surface area (TPSA) is 64.1 Å². The van der Waals surface area contributed by atoms with E-state index >= 15 is 0 Å². The Kier molecular flexibility index (Phi) is 9.82. The predicted molar refractivity (Wildman–Crippen MR) is 93.5 cm³/mol. The number of guanidine groups is 1. The summed E-state index contributed by atoms with van der Waals surface area (Å²) in [5.41, 5.74) is -0.615. The summed E-state index contributed by atoms with van der Waals surface area (Å²) in [6.45, 7) is 2.20. The molecule has 148 valence electrons. The largest absolute Gasteiger partial charge is 0.497 e. The van der Waals surface area contributed by atoms with Gasteiger partial charge in [0.2, 0.25) is 0 Å². The Hall–Kier alpha value is -2.00. The van der Waals surface area contributed by atoms with Gasteiger partial charge in [0.1, 0.15) is 5.75 Å². The molecule has 0 aliphatic rings. The lowest BCUT2D eigenvalue weighted by Gasteiger charge is -2.16. The summed E-state index contributed by atoms with van der Waals surface area (Å²) >= 11 is 0. The number of nitrogens with one attached hydrogen (secondary N) is 2. The Morgan fingerprint density at radius 2 is 1.88 bits per heavy atom. The van der Waals surface area contributed by atoms with E-state index in [9.17, 15) is 13.2 Å². The summed E-state index contributed by atoms with van der Waals surface area (Å²) in [4.78, 5) is 4.00. The molecule has 0 spiro atoms. The van der Waals surface area contributed by atoms with Crippen molar-refractivity contribution in [2.24, 2.45) is 4.99 Å². The molecular weight excluding hydrogens is 351 g/mol. The molecule has 26 heavy (non-hydrogen) atoms. The molecule has 0 aliphatic heterocycles. The molecule has 0 saturated carbocycles. The zero-order chi connectivity index (χ0) is 19.4. The minimum absolute atomic E-state index is 0.0111. The van der Waals surface area contributed by atoms with E-state index in [4.69, 9.17) is 14.2 Å². The molecule has 0 aromatic heterocycles. The molecule has 0 aliphatic carbocycles. The molecule has 1 aromatic rings. The Bertz CT molecular complexity index is 566. The highest BCUT2D eigenvalue weighted by Gasteiger charge is 2.33. The molecule has 0 atom stereocenters. The van der Waals surface area contributed by atoms with E-state index in [1.54, 1.807) is 14.2 Å². The van der Waals surface area contributed by atoms with Gasteiger partial charge in [0, 0.05) is 33.9 Å². The number of ether oxygens (including phenoxy) is 3. The van der Waals surface area contributed by atoms with Gasteiger partial charge in [-0.15, -0.1) is 0 Å². The maximum absolute atomic E-state index is 13.2. The SMILES string of the molecule is CN=C(NCCCOCCOC)NCc1ccc(OC)cc1C(F)(F)F. The zero-order valence-corrected chi connectivity index (χ0v) is 15.3. The van der Waals surface area contributed by atoms with Gasteiger partial charge in [0.05, 0.1) is 25.9 Å². The fraction of sp³-hybridized carbons (Fsp3) is 0.588. The Morgan fingerprint density at radius 1 is 1.12 bits per heavy atom. The summed E-state index contributed by atoms with van der Waals surface area (Å²) in [6, 6.07) is 3.88. The highest BCUT2D eigenvalue weighted by molar-refractivity contribution is 5.79. The molecule has 0 radical (unpaired) electrons. The third-order valence-electron chi connectivity index (χ3n) is 3.48. The first-order valence-corrected chi connectivity index (χ1v) is 8.17. The summed E-state index contributed by atoms with van der Waals surface area (Å²) in [5.74, 6) is 0.586. The first-order chi connectivity index (χ1) is 12.4. The van der Waals surface area contributed by atoms with Gasteiger partial charge in [-0.25, -0.2) is 0 Å². The van der Waals surface area contributed by atoms with Crippen molar-refractivity contribution in [1.29, 1.82) is 0 Å². The lowest BCUT2D eigenvalue weighted by Crippen LogP contribution is -2.38. The van der Waals surface area contributed by atoms with E-state index in [-0.39, 0.29) is 17.9 Å². The standard InChI is InChI=1S/C17H26F3N3O3/c1-21-16(22-7-4-8-26-10-9-24-2)23-12-13-5-6-14(25-3)11-15(13)17(18,19)20/h5-6,11H,4,7-10,12H2,1-3H3,(H2,21,22,23). The lowest BCUT2D eigenvalue weighted by atomic mass is 10.1. The molecule has 0 unspecified atom stereocenters. The van der Waals surface area contributed by atoms with Crippen LogP contribution in [0.25, 0.3) is 0 Å². The second-order valence-corrected chi connectivity index (χ2v) is 5.33. The van der Waals surface area contributed by atoms with Crippen LogP contribution in [0.4, 0.5) is 13.2 Å². The molecule has 9 heteroatoms. The van der Waals surface area contributed by atoms with E-state index < -0.39 is 11.7 Å². The normalized spacial score (nSPS) is 12.2. The molecule has 0 fully saturated rings. The van der Waals surface area contributed by atoms with Crippen LogP contribution in [0.3, 0.4) is 0 Å². The fourth-order valence-electron chi connectivity index (χ4n) is 2.13.